The van der Waals surface area contributed by atoms with E-state index in [1.165, 1.54) is 4.90 Å². The normalized spacial score (nSPS) is 17.3. The Balaban J connectivity index is 1.41. The summed E-state index contributed by atoms with van der Waals surface area (Å²) in [7, 11) is 0. The number of nitrogens with one attached hydrogen (secondary N) is 3. The summed E-state index contributed by atoms with van der Waals surface area (Å²) in [5.41, 5.74) is 9.01. The van der Waals surface area contributed by atoms with Gasteiger partial charge < -0.3 is 31.4 Å². The summed E-state index contributed by atoms with van der Waals surface area (Å²) in [5.74, 6) is -2.43. The molecule has 4 unspecified atom stereocenters. The molecule has 2 heterocycles. The van der Waals surface area contributed by atoms with Crippen molar-refractivity contribution in [3.05, 3.63) is 71.9 Å². The van der Waals surface area contributed by atoms with Gasteiger partial charge in [-0.25, -0.2) is 4.79 Å². The highest BCUT2D eigenvalue weighted by atomic mass is 16.4. The SMILES string of the molecule is CC(C)CC(NC(=O)C1CCCN1C(=O)C(N)Cc1c[nH]c2ccccc12)C(=O)NC(Cc1ccccc1)C(=O)O. The van der Waals surface area contributed by atoms with Gasteiger partial charge in [-0.15, -0.1) is 0 Å². The zero-order valence-corrected chi connectivity index (χ0v) is 23.5. The van der Waals surface area contributed by atoms with Gasteiger partial charge in [-0.1, -0.05) is 62.4 Å². The number of carboxylic acid groups (broad SMARTS) is 1. The molecule has 0 aliphatic carbocycles. The van der Waals surface area contributed by atoms with Crippen LogP contribution < -0.4 is 16.4 Å². The molecule has 1 fully saturated rings. The number of aromatic amines is 1. The first-order valence-corrected chi connectivity index (χ1v) is 14.1. The van der Waals surface area contributed by atoms with Crippen molar-refractivity contribution in [2.24, 2.45) is 11.7 Å². The van der Waals surface area contributed by atoms with Gasteiger partial charge in [0.05, 0.1) is 6.04 Å². The van der Waals surface area contributed by atoms with Crippen LogP contribution >= 0.6 is 0 Å². The van der Waals surface area contributed by atoms with Crippen LogP contribution in [-0.4, -0.2) is 69.4 Å². The zero-order valence-electron chi connectivity index (χ0n) is 23.5. The third kappa shape index (κ3) is 7.52. The molecule has 10 nitrogen and oxygen atoms in total. The molecule has 0 radical (unpaired) electrons. The van der Waals surface area contributed by atoms with E-state index in [0.717, 1.165) is 22.0 Å². The molecule has 6 N–H and O–H groups in total. The number of fused-ring (bicyclic) bond motifs is 1. The van der Waals surface area contributed by atoms with E-state index in [1.54, 1.807) is 24.3 Å². The maximum atomic E-state index is 13.4. The highest BCUT2D eigenvalue weighted by Crippen LogP contribution is 2.22. The lowest BCUT2D eigenvalue weighted by Gasteiger charge is -2.29. The average Bonchev–Trinajstić information content (AvgIpc) is 3.60. The quantitative estimate of drug-likeness (QED) is 0.228. The second kappa shape index (κ2) is 13.5. The lowest BCUT2D eigenvalue weighted by atomic mass is 10.0. The molecule has 3 amide bonds. The highest BCUT2D eigenvalue weighted by molar-refractivity contribution is 5.94. The predicted octanol–water partition coefficient (Wildman–Crippen LogP) is 2.37. The molecule has 10 heteroatoms. The molecule has 4 atom stereocenters. The van der Waals surface area contributed by atoms with Crippen molar-refractivity contribution >= 4 is 34.6 Å². The van der Waals surface area contributed by atoms with E-state index in [9.17, 15) is 24.3 Å². The van der Waals surface area contributed by atoms with Crippen LogP contribution in [-0.2, 0) is 32.0 Å². The van der Waals surface area contributed by atoms with Crippen LogP contribution in [0.15, 0.2) is 60.8 Å². The number of amides is 3. The van der Waals surface area contributed by atoms with E-state index in [-0.39, 0.29) is 18.2 Å². The first kappa shape index (κ1) is 29.8. The van der Waals surface area contributed by atoms with Crippen LogP contribution in [0.25, 0.3) is 10.9 Å². The smallest absolute Gasteiger partial charge is 0.326 e. The van der Waals surface area contributed by atoms with Gasteiger partial charge in [0, 0.05) is 30.1 Å². The number of aromatic nitrogens is 1. The lowest BCUT2D eigenvalue weighted by Crippen LogP contribution is -2.57. The number of likely N-dealkylation sites (tertiary alicyclic amines) is 1. The standard InChI is InChI=1S/C31H39N5O5/c1-19(2)15-25(28(37)35-26(31(40)41)16-20-9-4-3-5-10-20)34-29(38)27-13-8-14-36(27)30(39)23(32)17-21-18-33-24-12-7-6-11-22(21)24/h3-7,9-12,18-19,23,25-27,33H,8,13-17,32H2,1-2H3,(H,34,38)(H,35,37)(H,40,41). The van der Waals surface area contributed by atoms with Gasteiger partial charge in [0.1, 0.15) is 18.1 Å². The molecule has 3 aromatic rings. The van der Waals surface area contributed by atoms with Gasteiger partial charge in [0.2, 0.25) is 17.7 Å². The van der Waals surface area contributed by atoms with Crippen molar-refractivity contribution < 1.29 is 24.3 Å². The number of carbonyl (C=O) groups is 4. The number of benzene rings is 2. The maximum Gasteiger partial charge on any atom is 0.326 e. The van der Waals surface area contributed by atoms with Gasteiger partial charge >= 0.3 is 5.97 Å². The minimum atomic E-state index is -1.16. The van der Waals surface area contributed by atoms with Crippen molar-refractivity contribution in [2.45, 2.75) is 70.1 Å². The maximum absolute atomic E-state index is 13.4. The van der Waals surface area contributed by atoms with E-state index in [2.05, 4.69) is 15.6 Å². The zero-order chi connectivity index (χ0) is 29.5. The van der Waals surface area contributed by atoms with Crippen molar-refractivity contribution in [3.8, 4) is 0 Å². The van der Waals surface area contributed by atoms with Crippen LogP contribution in [0.1, 0.15) is 44.2 Å². The Hall–Kier alpha value is -4.18. The Morgan fingerprint density at radius 3 is 2.41 bits per heavy atom. The Morgan fingerprint density at radius 2 is 1.71 bits per heavy atom. The lowest BCUT2D eigenvalue weighted by molar-refractivity contribution is -0.143. The van der Waals surface area contributed by atoms with Crippen molar-refractivity contribution in [3.63, 3.8) is 0 Å². The first-order chi connectivity index (χ1) is 19.6. The van der Waals surface area contributed by atoms with Gasteiger partial charge in [-0.3, -0.25) is 14.4 Å². The number of nitrogens with two attached hydrogens (primary N) is 1. The number of hydrogen-bond acceptors (Lipinski definition) is 5. The number of carboxylic acids is 1. The predicted molar refractivity (Wildman–Crippen MR) is 156 cm³/mol. The Bertz CT molecular complexity index is 1370. The molecule has 218 valence electrons. The summed E-state index contributed by atoms with van der Waals surface area (Å²) in [4.78, 5) is 56.7. The van der Waals surface area contributed by atoms with E-state index in [1.807, 2.05) is 50.4 Å². The molecular weight excluding hydrogens is 522 g/mol. The minimum absolute atomic E-state index is 0.0503. The summed E-state index contributed by atoms with van der Waals surface area (Å²) < 4.78 is 0. The Labute approximate surface area is 239 Å². The van der Waals surface area contributed by atoms with Gasteiger partial charge in [0.25, 0.3) is 0 Å². The molecule has 1 aliphatic rings. The average molecular weight is 562 g/mol. The molecule has 0 saturated carbocycles. The number of rotatable bonds is 12. The number of aliphatic carboxylic acids is 1. The van der Waals surface area contributed by atoms with Crippen LogP contribution in [0.3, 0.4) is 0 Å². The number of hydrogen-bond donors (Lipinski definition) is 5. The number of nitrogens with zero attached hydrogens (tertiary/aromatic N) is 1. The number of para-hydroxylation sites is 1. The van der Waals surface area contributed by atoms with E-state index in [4.69, 9.17) is 5.73 Å². The van der Waals surface area contributed by atoms with Crippen LogP contribution in [0.5, 0.6) is 0 Å². The van der Waals surface area contributed by atoms with Crippen LogP contribution in [0, 0.1) is 5.92 Å². The molecule has 2 aromatic carbocycles. The third-order valence-electron chi connectivity index (χ3n) is 7.51. The van der Waals surface area contributed by atoms with E-state index < -0.39 is 42.0 Å². The summed E-state index contributed by atoms with van der Waals surface area (Å²) in [6, 6.07) is 13.1. The molecule has 0 bridgehead atoms. The Morgan fingerprint density at radius 1 is 1.00 bits per heavy atom. The topological polar surface area (TPSA) is 158 Å². The van der Waals surface area contributed by atoms with Crippen molar-refractivity contribution in [1.29, 1.82) is 0 Å². The van der Waals surface area contributed by atoms with Crippen LogP contribution in [0.4, 0.5) is 0 Å². The molecule has 41 heavy (non-hydrogen) atoms. The first-order valence-electron chi connectivity index (χ1n) is 14.1. The fourth-order valence-corrected chi connectivity index (χ4v) is 5.43. The fourth-order valence-electron chi connectivity index (χ4n) is 5.43. The summed E-state index contributed by atoms with van der Waals surface area (Å²) in [6.07, 6.45) is 3.70. The molecule has 1 aliphatic heterocycles. The third-order valence-corrected chi connectivity index (χ3v) is 7.51. The van der Waals surface area contributed by atoms with Gasteiger partial charge in [0.15, 0.2) is 0 Å². The van der Waals surface area contributed by atoms with Crippen molar-refractivity contribution in [2.75, 3.05) is 6.54 Å². The summed E-state index contributed by atoms with van der Waals surface area (Å²) >= 11 is 0. The minimum Gasteiger partial charge on any atom is -0.480 e. The van der Waals surface area contributed by atoms with Crippen molar-refractivity contribution in [1.82, 2.24) is 20.5 Å². The summed E-state index contributed by atoms with van der Waals surface area (Å²) in [5, 5.41) is 16.1. The second-order valence-electron chi connectivity index (χ2n) is 11.1. The highest BCUT2D eigenvalue weighted by Gasteiger charge is 2.38. The van der Waals surface area contributed by atoms with E-state index in [0.29, 0.717) is 32.2 Å². The van der Waals surface area contributed by atoms with Gasteiger partial charge in [-0.05, 0) is 48.8 Å². The van der Waals surface area contributed by atoms with Gasteiger partial charge in [-0.2, -0.15) is 0 Å². The number of carbonyl (C=O) groups excluding carboxylic acids is 3. The van der Waals surface area contributed by atoms with E-state index >= 15 is 0 Å². The monoisotopic (exact) mass is 561 g/mol. The van der Waals surface area contributed by atoms with Crippen LogP contribution in [0.2, 0.25) is 0 Å². The number of H-pyrrole nitrogens is 1. The molecule has 1 saturated heterocycles. The molecular formula is C31H39N5O5. The molecule has 1 aromatic heterocycles. The molecule has 0 spiro atoms. The fraction of sp³-hybridized carbons (Fsp3) is 0.419. The summed E-state index contributed by atoms with van der Waals surface area (Å²) in [6.45, 7) is 4.23. The second-order valence-corrected chi connectivity index (χ2v) is 11.1. The molecule has 4 rings (SSSR count). The largest absolute Gasteiger partial charge is 0.480 e. The Kier molecular flexibility index (Phi) is 9.78.